The first-order chi connectivity index (χ1) is 7.68. The number of amides is 1. The molecule has 2 N–H and O–H groups in total. The summed E-state index contributed by atoms with van der Waals surface area (Å²) in [6.07, 6.45) is 3.59. The van der Waals surface area contributed by atoms with E-state index in [1.165, 1.54) is 6.20 Å². The summed E-state index contributed by atoms with van der Waals surface area (Å²) in [6.45, 7) is 3.49. The van der Waals surface area contributed by atoms with E-state index in [0.29, 0.717) is 11.7 Å². The fraction of sp³-hybridized carbons (Fsp3) is 0.636. The molecule has 2 atom stereocenters. The van der Waals surface area contributed by atoms with Crippen LogP contribution in [0.1, 0.15) is 30.3 Å². The highest BCUT2D eigenvalue weighted by atomic mass is 16.5. The van der Waals surface area contributed by atoms with E-state index in [1.807, 2.05) is 6.92 Å². The van der Waals surface area contributed by atoms with Gasteiger partial charge in [0.15, 0.2) is 0 Å². The molecule has 1 aromatic rings. The number of aromatic nitrogens is 1. The summed E-state index contributed by atoms with van der Waals surface area (Å²) in [7, 11) is 0. The summed E-state index contributed by atoms with van der Waals surface area (Å²) < 4.78 is 4.87. The van der Waals surface area contributed by atoms with Crippen LogP contribution in [0, 0.1) is 5.92 Å². The van der Waals surface area contributed by atoms with Crippen LogP contribution in [0.3, 0.4) is 0 Å². The van der Waals surface area contributed by atoms with Crippen molar-refractivity contribution in [1.82, 2.24) is 10.1 Å². The van der Waals surface area contributed by atoms with E-state index >= 15 is 0 Å². The molecule has 1 aliphatic heterocycles. The molecule has 0 radical (unpaired) electrons. The third-order valence-electron chi connectivity index (χ3n) is 3.14. The van der Waals surface area contributed by atoms with Crippen molar-refractivity contribution in [2.24, 2.45) is 11.7 Å². The molecule has 5 heteroatoms. The van der Waals surface area contributed by atoms with Gasteiger partial charge in [0, 0.05) is 25.2 Å². The molecule has 1 aliphatic rings. The normalized spacial score (nSPS) is 23.1. The van der Waals surface area contributed by atoms with Crippen molar-refractivity contribution in [1.29, 1.82) is 0 Å². The molecular formula is C11H17N3O2. The van der Waals surface area contributed by atoms with Crippen LogP contribution < -0.4 is 5.73 Å². The highest BCUT2D eigenvalue weighted by Gasteiger charge is 2.27. The van der Waals surface area contributed by atoms with Crippen LogP contribution in [0.4, 0.5) is 0 Å². The van der Waals surface area contributed by atoms with E-state index in [4.69, 9.17) is 10.3 Å². The number of nitrogens with two attached hydrogens (primary N) is 1. The lowest BCUT2D eigenvalue weighted by Gasteiger charge is -2.33. The molecule has 88 valence electrons. The average Bonchev–Trinajstić information content (AvgIpc) is 2.81. The Morgan fingerprint density at radius 3 is 3.19 bits per heavy atom. The highest BCUT2D eigenvalue weighted by Crippen LogP contribution is 2.20. The predicted molar refractivity (Wildman–Crippen MR) is 58.8 cm³/mol. The average molecular weight is 223 g/mol. The SMILES string of the molecule is CC(N)C1CCCN(C(=O)c2ccno2)C1. The standard InChI is InChI=1S/C11H17N3O2/c1-8(12)9-3-2-6-14(7-9)11(15)10-4-5-13-16-10/h4-5,8-9H,2-3,6-7,12H2,1H3. The smallest absolute Gasteiger partial charge is 0.292 e. The maximum atomic E-state index is 12.0. The summed E-state index contributed by atoms with van der Waals surface area (Å²) >= 11 is 0. The first kappa shape index (κ1) is 11.1. The van der Waals surface area contributed by atoms with E-state index in [1.54, 1.807) is 11.0 Å². The second-order valence-corrected chi connectivity index (χ2v) is 4.39. The molecule has 0 aliphatic carbocycles. The molecule has 2 unspecified atom stereocenters. The zero-order chi connectivity index (χ0) is 11.5. The fourth-order valence-electron chi connectivity index (χ4n) is 2.11. The molecule has 0 saturated carbocycles. The largest absolute Gasteiger partial charge is 0.351 e. The Kier molecular flexibility index (Phi) is 3.24. The molecular weight excluding hydrogens is 206 g/mol. The molecule has 1 fully saturated rings. The van der Waals surface area contributed by atoms with E-state index in [0.717, 1.165) is 25.9 Å². The Bertz CT molecular complexity index is 348. The number of carbonyl (C=O) groups excluding carboxylic acids is 1. The van der Waals surface area contributed by atoms with Crippen molar-refractivity contribution >= 4 is 5.91 Å². The number of carbonyl (C=O) groups is 1. The molecule has 5 nitrogen and oxygen atoms in total. The van der Waals surface area contributed by atoms with Gasteiger partial charge in [0.05, 0.1) is 6.20 Å². The van der Waals surface area contributed by atoms with E-state index in [-0.39, 0.29) is 11.9 Å². The van der Waals surface area contributed by atoms with Gasteiger partial charge in [-0.05, 0) is 25.7 Å². The number of piperidine rings is 1. The quantitative estimate of drug-likeness (QED) is 0.807. The van der Waals surface area contributed by atoms with E-state index in [9.17, 15) is 4.79 Å². The van der Waals surface area contributed by atoms with Gasteiger partial charge < -0.3 is 15.2 Å². The van der Waals surface area contributed by atoms with Crippen LogP contribution in [0.2, 0.25) is 0 Å². The number of hydrogen-bond acceptors (Lipinski definition) is 4. The summed E-state index contributed by atoms with van der Waals surface area (Å²) in [5.74, 6) is 0.619. The Morgan fingerprint density at radius 2 is 2.56 bits per heavy atom. The van der Waals surface area contributed by atoms with Crippen LogP contribution in [0.5, 0.6) is 0 Å². The molecule has 1 aromatic heterocycles. The molecule has 0 aromatic carbocycles. The van der Waals surface area contributed by atoms with Gasteiger partial charge in [-0.15, -0.1) is 0 Å². The van der Waals surface area contributed by atoms with Crippen LogP contribution in [0.15, 0.2) is 16.8 Å². The Labute approximate surface area is 94.6 Å². The van der Waals surface area contributed by atoms with Crippen molar-refractivity contribution in [3.05, 3.63) is 18.0 Å². The molecule has 2 heterocycles. The lowest BCUT2D eigenvalue weighted by molar-refractivity contribution is 0.0619. The minimum atomic E-state index is -0.0807. The van der Waals surface area contributed by atoms with Gasteiger partial charge in [0.2, 0.25) is 5.76 Å². The third-order valence-corrected chi connectivity index (χ3v) is 3.14. The number of hydrogen-bond donors (Lipinski definition) is 1. The summed E-state index contributed by atoms with van der Waals surface area (Å²) in [5, 5.41) is 3.55. The van der Waals surface area contributed by atoms with Gasteiger partial charge in [-0.25, -0.2) is 0 Å². The summed E-state index contributed by atoms with van der Waals surface area (Å²) in [4.78, 5) is 13.8. The lowest BCUT2D eigenvalue weighted by atomic mass is 9.92. The molecule has 1 saturated heterocycles. The lowest BCUT2D eigenvalue weighted by Crippen LogP contribution is -2.44. The highest BCUT2D eigenvalue weighted by molar-refractivity contribution is 5.91. The predicted octanol–water partition coefficient (Wildman–Crippen LogP) is 0.874. The Balaban J connectivity index is 2.02. The number of likely N-dealkylation sites (tertiary alicyclic amines) is 1. The first-order valence-electron chi connectivity index (χ1n) is 5.64. The second kappa shape index (κ2) is 4.65. The monoisotopic (exact) mass is 223 g/mol. The number of nitrogens with zero attached hydrogens (tertiary/aromatic N) is 2. The van der Waals surface area contributed by atoms with E-state index in [2.05, 4.69) is 5.16 Å². The fourth-order valence-corrected chi connectivity index (χ4v) is 2.11. The zero-order valence-corrected chi connectivity index (χ0v) is 9.43. The molecule has 0 spiro atoms. The van der Waals surface area contributed by atoms with Crippen molar-refractivity contribution in [3.8, 4) is 0 Å². The van der Waals surface area contributed by atoms with Crippen LogP contribution in [0.25, 0.3) is 0 Å². The van der Waals surface area contributed by atoms with Gasteiger partial charge in [-0.1, -0.05) is 5.16 Å². The van der Waals surface area contributed by atoms with Gasteiger partial charge in [-0.2, -0.15) is 0 Å². The molecule has 0 bridgehead atoms. The first-order valence-corrected chi connectivity index (χ1v) is 5.64. The number of rotatable bonds is 2. The summed E-state index contributed by atoms with van der Waals surface area (Å²) in [5.41, 5.74) is 5.87. The van der Waals surface area contributed by atoms with Crippen LogP contribution >= 0.6 is 0 Å². The Hall–Kier alpha value is -1.36. The van der Waals surface area contributed by atoms with Crippen LogP contribution in [-0.2, 0) is 0 Å². The Morgan fingerprint density at radius 1 is 1.75 bits per heavy atom. The maximum Gasteiger partial charge on any atom is 0.292 e. The topological polar surface area (TPSA) is 72.4 Å². The maximum absolute atomic E-state index is 12.0. The third kappa shape index (κ3) is 2.24. The van der Waals surface area contributed by atoms with Gasteiger partial charge in [0.25, 0.3) is 5.91 Å². The molecule has 2 rings (SSSR count). The molecule has 1 amide bonds. The minimum absolute atomic E-state index is 0.0807. The second-order valence-electron chi connectivity index (χ2n) is 4.39. The van der Waals surface area contributed by atoms with Crippen molar-refractivity contribution < 1.29 is 9.32 Å². The van der Waals surface area contributed by atoms with Gasteiger partial charge in [0.1, 0.15) is 0 Å². The van der Waals surface area contributed by atoms with Crippen molar-refractivity contribution in [3.63, 3.8) is 0 Å². The van der Waals surface area contributed by atoms with Crippen LogP contribution in [-0.4, -0.2) is 35.1 Å². The van der Waals surface area contributed by atoms with Crippen molar-refractivity contribution in [2.45, 2.75) is 25.8 Å². The van der Waals surface area contributed by atoms with E-state index < -0.39 is 0 Å². The van der Waals surface area contributed by atoms with Gasteiger partial charge >= 0.3 is 0 Å². The summed E-state index contributed by atoms with van der Waals surface area (Å²) in [6, 6.07) is 1.72. The minimum Gasteiger partial charge on any atom is -0.351 e. The van der Waals surface area contributed by atoms with Crippen molar-refractivity contribution in [2.75, 3.05) is 13.1 Å². The molecule has 16 heavy (non-hydrogen) atoms. The van der Waals surface area contributed by atoms with Gasteiger partial charge in [-0.3, -0.25) is 4.79 Å². The zero-order valence-electron chi connectivity index (χ0n) is 9.43.